The van der Waals surface area contributed by atoms with Crippen molar-refractivity contribution in [3.8, 4) is 0 Å². The van der Waals surface area contributed by atoms with Crippen molar-refractivity contribution < 1.29 is 4.79 Å². The number of carbonyl (C=O) groups excluding carboxylic acids is 1. The molecular formula is C14H23ClN4O. The van der Waals surface area contributed by atoms with Crippen LogP contribution in [0.3, 0.4) is 0 Å². The molecule has 1 aliphatic rings. The van der Waals surface area contributed by atoms with E-state index < -0.39 is 0 Å². The monoisotopic (exact) mass is 298 g/mol. The maximum absolute atomic E-state index is 11.7. The van der Waals surface area contributed by atoms with E-state index in [1.807, 2.05) is 18.3 Å². The highest BCUT2D eigenvalue weighted by Gasteiger charge is 2.24. The predicted octanol–water partition coefficient (Wildman–Crippen LogP) is 1.19. The lowest BCUT2D eigenvalue weighted by atomic mass is 10.0. The summed E-state index contributed by atoms with van der Waals surface area (Å²) in [6.07, 6.45) is 1.84. The normalized spacial score (nSPS) is 14.1. The second kappa shape index (κ2) is 8.07. The topological polar surface area (TPSA) is 57.3 Å². The van der Waals surface area contributed by atoms with E-state index in [4.69, 9.17) is 0 Å². The molecule has 0 bridgehead atoms. The average molecular weight is 299 g/mol. The average Bonchev–Trinajstić information content (AvgIpc) is 2.37. The van der Waals surface area contributed by atoms with Gasteiger partial charge in [-0.25, -0.2) is 4.98 Å². The molecule has 6 heteroatoms. The standard InChI is InChI=1S/C14H22N4O.ClH/c1-3-18(4-2)13-6-5-11(7-16-13)8-17-14(19)12-9-15-10-12;/h5-7,12,15H,3-4,8-10H2,1-2H3,(H,17,19);1H. The Kier molecular flexibility index (Phi) is 6.75. The van der Waals surface area contributed by atoms with Gasteiger partial charge in [0.25, 0.3) is 0 Å². The summed E-state index contributed by atoms with van der Waals surface area (Å²) in [6, 6.07) is 4.04. The van der Waals surface area contributed by atoms with Gasteiger partial charge in [-0.2, -0.15) is 0 Å². The Balaban J connectivity index is 0.00000200. The van der Waals surface area contributed by atoms with Gasteiger partial charge < -0.3 is 15.5 Å². The summed E-state index contributed by atoms with van der Waals surface area (Å²) in [6.45, 7) is 8.29. The molecule has 2 N–H and O–H groups in total. The van der Waals surface area contributed by atoms with E-state index in [2.05, 4.69) is 34.4 Å². The summed E-state index contributed by atoms with van der Waals surface area (Å²) < 4.78 is 0. The van der Waals surface area contributed by atoms with Gasteiger partial charge in [-0.05, 0) is 25.5 Å². The van der Waals surface area contributed by atoms with E-state index in [1.165, 1.54) is 0 Å². The maximum Gasteiger partial charge on any atom is 0.225 e. The Bertz CT molecular complexity index is 416. The summed E-state index contributed by atoms with van der Waals surface area (Å²) in [7, 11) is 0. The number of pyridine rings is 1. The third-order valence-electron chi connectivity index (χ3n) is 3.52. The van der Waals surface area contributed by atoms with E-state index in [0.717, 1.165) is 37.6 Å². The lowest BCUT2D eigenvalue weighted by Gasteiger charge is -2.25. The third kappa shape index (κ3) is 4.08. The quantitative estimate of drug-likeness (QED) is 0.828. The van der Waals surface area contributed by atoms with Gasteiger partial charge in [-0.15, -0.1) is 12.4 Å². The van der Waals surface area contributed by atoms with E-state index in [0.29, 0.717) is 6.54 Å². The van der Waals surface area contributed by atoms with Crippen molar-refractivity contribution in [3.05, 3.63) is 23.9 Å². The number of nitrogens with zero attached hydrogens (tertiary/aromatic N) is 2. The molecule has 2 heterocycles. The first-order valence-electron chi connectivity index (χ1n) is 6.92. The Labute approximate surface area is 126 Å². The molecule has 0 atom stereocenters. The molecule has 0 spiro atoms. The van der Waals surface area contributed by atoms with Crippen molar-refractivity contribution in [1.29, 1.82) is 0 Å². The van der Waals surface area contributed by atoms with Crippen LogP contribution in [0.25, 0.3) is 0 Å². The van der Waals surface area contributed by atoms with Crippen molar-refractivity contribution >= 4 is 24.1 Å². The largest absolute Gasteiger partial charge is 0.357 e. The molecule has 0 radical (unpaired) electrons. The molecular weight excluding hydrogens is 276 g/mol. The minimum absolute atomic E-state index is 0. The van der Waals surface area contributed by atoms with E-state index in [9.17, 15) is 4.79 Å². The van der Waals surface area contributed by atoms with E-state index in [1.54, 1.807) is 0 Å². The van der Waals surface area contributed by atoms with Crippen LogP contribution in [0.2, 0.25) is 0 Å². The van der Waals surface area contributed by atoms with Gasteiger partial charge in [-0.3, -0.25) is 4.79 Å². The summed E-state index contributed by atoms with van der Waals surface area (Å²) >= 11 is 0. The molecule has 1 fully saturated rings. The van der Waals surface area contributed by atoms with Crippen LogP contribution in [-0.2, 0) is 11.3 Å². The molecule has 1 aromatic heterocycles. The summed E-state index contributed by atoms with van der Waals surface area (Å²) in [5.41, 5.74) is 1.04. The van der Waals surface area contributed by atoms with Gasteiger partial charge in [0.2, 0.25) is 5.91 Å². The van der Waals surface area contributed by atoms with Crippen molar-refractivity contribution in [2.45, 2.75) is 20.4 Å². The minimum atomic E-state index is 0. The zero-order chi connectivity index (χ0) is 13.7. The first kappa shape index (κ1) is 16.7. The molecule has 0 aromatic carbocycles. The number of hydrogen-bond acceptors (Lipinski definition) is 4. The number of aromatic nitrogens is 1. The lowest BCUT2D eigenvalue weighted by molar-refractivity contribution is -0.126. The summed E-state index contributed by atoms with van der Waals surface area (Å²) in [4.78, 5) is 18.3. The van der Waals surface area contributed by atoms with Crippen LogP contribution in [0.15, 0.2) is 18.3 Å². The number of nitrogens with one attached hydrogen (secondary N) is 2. The third-order valence-corrected chi connectivity index (χ3v) is 3.52. The van der Waals surface area contributed by atoms with Gasteiger partial charge in [0.1, 0.15) is 5.82 Å². The fourth-order valence-electron chi connectivity index (χ4n) is 2.06. The van der Waals surface area contributed by atoms with Crippen LogP contribution >= 0.6 is 12.4 Å². The smallest absolute Gasteiger partial charge is 0.225 e. The van der Waals surface area contributed by atoms with Crippen molar-refractivity contribution in [2.75, 3.05) is 31.1 Å². The molecule has 2 rings (SSSR count). The predicted molar refractivity (Wildman–Crippen MR) is 83.3 cm³/mol. The molecule has 1 aromatic rings. The molecule has 20 heavy (non-hydrogen) atoms. The molecule has 112 valence electrons. The number of halogens is 1. The number of rotatable bonds is 6. The summed E-state index contributed by atoms with van der Waals surface area (Å²) in [5.74, 6) is 1.26. The highest BCUT2D eigenvalue weighted by atomic mass is 35.5. The van der Waals surface area contributed by atoms with Crippen LogP contribution < -0.4 is 15.5 Å². The first-order valence-corrected chi connectivity index (χ1v) is 6.92. The van der Waals surface area contributed by atoms with Gasteiger partial charge in [-0.1, -0.05) is 6.07 Å². The molecule has 0 unspecified atom stereocenters. The fourth-order valence-corrected chi connectivity index (χ4v) is 2.06. The van der Waals surface area contributed by atoms with Crippen molar-refractivity contribution in [1.82, 2.24) is 15.6 Å². The summed E-state index contributed by atoms with van der Waals surface area (Å²) in [5, 5.41) is 6.04. The molecule has 0 saturated carbocycles. The number of anilines is 1. The lowest BCUT2D eigenvalue weighted by Crippen LogP contribution is -2.50. The van der Waals surface area contributed by atoms with Crippen LogP contribution in [-0.4, -0.2) is 37.1 Å². The molecule has 0 aliphatic carbocycles. The minimum Gasteiger partial charge on any atom is -0.357 e. The number of carbonyl (C=O) groups is 1. The van der Waals surface area contributed by atoms with Gasteiger partial charge in [0, 0.05) is 38.9 Å². The second-order valence-corrected chi connectivity index (χ2v) is 4.77. The van der Waals surface area contributed by atoms with Crippen LogP contribution in [0.4, 0.5) is 5.82 Å². The van der Waals surface area contributed by atoms with Gasteiger partial charge in [0.05, 0.1) is 5.92 Å². The second-order valence-electron chi connectivity index (χ2n) is 4.77. The van der Waals surface area contributed by atoms with Gasteiger partial charge in [0.15, 0.2) is 0 Å². The maximum atomic E-state index is 11.7. The molecule has 1 amide bonds. The molecule has 1 saturated heterocycles. The number of hydrogen-bond donors (Lipinski definition) is 2. The fraction of sp³-hybridized carbons (Fsp3) is 0.571. The Morgan fingerprint density at radius 1 is 1.40 bits per heavy atom. The first-order chi connectivity index (χ1) is 9.24. The Hall–Kier alpha value is -1.33. The number of amides is 1. The SMILES string of the molecule is CCN(CC)c1ccc(CNC(=O)C2CNC2)cn1.Cl. The van der Waals surface area contributed by atoms with Crippen LogP contribution in [0, 0.1) is 5.92 Å². The van der Waals surface area contributed by atoms with Crippen LogP contribution in [0.5, 0.6) is 0 Å². The Morgan fingerprint density at radius 2 is 2.10 bits per heavy atom. The highest BCUT2D eigenvalue weighted by molar-refractivity contribution is 5.85. The van der Waals surface area contributed by atoms with Crippen molar-refractivity contribution in [3.63, 3.8) is 0 Å². The van der Waals surface area contributed by atoms with Gasteiger partial charge >= 0.3 is 0 Å². The highest BCUT2D eigenvalue weighted by Crippen LogP contribution is 2.11. The van der Waals surface area contributed by atoms with Crippen molar-refractivity contribution in [2.24, 2.45) is 5.92 Å². The Morgan fingerprint density at radius 3 is 2.55 bits per heavy atom. The zero-order valence-electron chi connectivity index (χ0n) is 12.1. The van der Waals surface area contributed by atoms with E-state index in [-0.39, 0.29) is 24.2 Å². The van der Waals surface area contributed by atoms with Crippen LogP contribution in [0.1, 0.15) is 19.4 Å². The van der Waals surface area contributed by atoms with E-state index >= 15 is 0 Å². The molecule has 1 aliphatic heterocycles. The zero-order valence-corrected chi connectivity index (χ0v) is 12.9. The molecule has 5 nitrogen and oxygen atoms in total.